The fraction of sp³-hybridized carbons (Fsp3) is 0.391. The van der Waals surface area contributed by atoms with Crippen LogP contribution in [0.1, 0.15) is 54.9 Å². The maximum absolute atomic E-state index is 14.2. The Labute approximate surface area is 154 Å². The minimum Gasteiger partial charge on any atom is -0.298 e. The van der Waals surface area contributed by atoms with Gasteiger partial charge in [-0.3, -0.25) is 9.59 Å². The maximum Gasteiger partial charge on any atom is 0.150 e. The second-order valence-corrected chi connectivity index (χ2v) is 7.78. The van der Waals surface area contributed by atoms with Gasteiger partial charge >= 0.3 is 0 Å². The highest BCUT2D eigenvalue weighted by molar-refractivity contribution is 6.10. The van der Waals surface area contributed by atoms with Gasteiger partial charge in [-0.2, -0.15) is 0 Å². The number of hydrogen-bond donors (Lipinski definition) is 0. The van der Waals surface area contributed by atoms with E-state index in [1.807, 2.05) is 45.0 Å². The van der Waals surface area contributed by atoms with Crippen LogP contribution in [0.4, 0.5) is 4.39 Å². The number of Topliss-reactive ketones (excluding diaryl/α,β-unsaturated/α-hetero) is 2. The van der Waals surface area contributed by atoms with Gasteiger partial charge in [-0.25, -0.2) is 4.39 Å². The summed E-state index contributed by atoms with van der Waals surface area (Å²) in [7, 11) is 0. The van der Waals surface area contributed by atoms with Crippen LogP contribution >= 0.6 is 0 Å². The predicted octanol–water partition coefficient (Wildman–Crippen LogP) is 4.96. The molecule has 0 N–H and O–H groups in total. The third-order valence-corrected chi connectivity index (χ3v) is 5.35. The molecule has 0 atom stereocenters. The Hall–Kier alpha value is -2.29. The average Bonchev–Trinajstić information content (AvgIpc) is 3.38. The summed E-state index contributed by atoms with van der Waals surface area (Å²) >= 11 is 0. The lowest BCUT2D eigenvalue weighted by Gasteiger charge is -2.14. The number of carbonyl (C=O) groups is 2. The number of carbonyl (C=O) groups excluding carboxylic acids is 2. The second-order valence-electron chi connectivity index (χ2n) is 7.78. The van der Waals surface area contributed by atoms with Crippen molar-refractivity contribution in [2.75, 3.05) is 0 Å². The van der Waals surface area contributed by atoms with E-state index in [2.05, 4.69) is 0 Å². The Morgan fingerprint density at radius 3 is 2.00 bits per heavy atom. The van der Waals surface area contributed by atoms with Crippen molar-refractivity contribution in [3.05, 3.63) is 70.5 Å². The molecule has 2 nitrogen and oxygen atoms in total. The highest BCUT2D eigenvalue weighted by Gasteiger charge is 2.54. The lowest BCUT2D eigenvalue weighted by Crippen LogP contribution is -2.29. The number of aryl methyl sites for hydroxylation is 1. The summed E-state index contributed by atoms with van der Waals surface area (Å²) in [6.45, 7) is 5.87. The number of rotatable bonds is 7. The largest absolute Gasteiger partial charge is 0.298 e. The molecule has 26 heavy (non-hydrogen) atoms. The molecule has 1 aliphatic rings. The van der Waals surface area contributed by atoms with Crippen molar-refractivity contribution in [2.24, 2.45) is 5.41 Å². The number of halogens is 1. The van der Waals surface area contributed by atoms with Gasteiger partial charge in [-0.1, -0.05) is 55.8 Å². The minimum absolute atomic E-state index is 0.00868. The van der Waals surface area contributed by atoms with Crippen LogP contribution in [0, 0.1) is 18.2 Å². The van der Waals surface area contributed by atoms with Gasteiger partial charge in [0, 0.05) is 12.8 Å². The van der Waals surface area contributed by atoms with Gasteiger partial charge in [0.05, 0.1) is 5.41 Å². The smallest absolute Gasteiger partial charge is 0.150 e. The molecule has 0 bridgehead atoms. The zero-order valence-electron chi connectivity index (χ0n) is 15.6. The topological polar surface area (TPSA) is 34.1 Å². The van der Waals surface area contributed by atoms with Crippen LogP contribution in [-0.2, 0) is 22.4 Å². The Morgan fingerprint density at radius 2 is 1.50 bits per heavy atom. The first-order valence-corrected chi connectivity index (χ1v) is 9.22. The third kappa shape index (κ3) is 3.77. The zero-order chi connectivity index (χ0) is 18.9. The summed E-state index contributed by atoms with van der Waals surface area (Å²) in [5, 5.41) is 0. The van der Waals surface area contributed by atoms with Crippen molar-refractivity contribution in [1.29, 1.82) is 0 Å². The van der Waals surface area contributed by atoms with E-state index in [4.69, 9.17) is 0 Å². The first-order chi connectivity index (χ1) is 12.3. The van der Waals surface area contributed by atoms with Crippen molar-refractivity contribution < 1.29 is 14.0 Å². The van der Waals surface area contributed by atoms with E-state index in [0.717, 1.165) is 11.1 Å². The molecular formula is C23H25FO2. The normalized spacial score (nSPS) is 15.1. The second kappa shape index (κ2) is 7.14. The molecule has 3 rings (SSSR count). The highest BCUT2D eigenvalue weighted by Crippen LogP contribution is 2.48. The van der Waals surface area contributed by atoms with Gasteiger partial charge in [0.15, 0.2) is 11.6 Å². The first kappa shape index (κ1) is 18.5. The molecule has 1 aliphatic carbocycles. The van der Waals surface area contributed by atoms with Crippen molar-refractivity contribution in [3.63, 3.8) is 0 Å². The fourth-order valence-corrected chi connectivity index (χ4v) is 3.40. The summed E-state index contributed by atoms with van der Waals surface area (Å²) in [6, 6.07) is 12.8. The Kier molecular flexibility index (Phi) is 5.08. The monoisotopic (exact) mass is 352 g/mol. The van der Waals surface area contributed by atoms with Crippen LogP contribution in [-0.4, -0.2) is 11.6 Å². The van der Waals surface area contributed by atoms with Gasteiger partial charge in [0.1, 0.15) is 5.82 Å². The van der Waals surface area contributed by atoms with Crippen LogP contribution in [0.5, 0.6) is 0 Å². The molecule has 0 heterocycles. The number of ketones is 2. The van der Waals surface area contributed by atoms with Crippen molar-refractivity contribution in [3.8, 4) is 0 Å². The summed E-state index contributed by atoms with van der Waals surface area (Å²) in [5.74, 6) is -0.260. The quantitative estimate of drug-likeness (QED) is 0.660. The van der Waals surface area contributed by atoms with Crippen LogP contribution in [0.25, 0.3) is 0 Å². The van der Waals surface area contributed by atoms with Crippen LogP contribution in [0.2, 0.25) is 0 Å². The molecule has 0 unspecified atom stereocenters. The Balaban J connectivity index is 1.69. The minimum atomic E-state index is -0.849. The van der Waals surface area contributed by atoms with Gasteiger partial charge in [-0.15, -0.1) is 0 Å². The molecule has 0 aromatic heterocycles. The molecule has 2 aromatic rings. The fourth-order valence-electron chi connectivity index (χ4n) is 3.40. The zero-order valence-corrected chi connectivity index (χ0v) is 15.6. The lowest BCUT2D eigenvalue weighted by atomic mass is 9.87. The van der Waals surface area contributed by atoms with Gasteiger partial charge in [-0.05, 0) is 48.4 Å². The number of hydrogen-bond acceptors (Lipinski definition) is 2. The average molecular weight is 352 g/mol. The van der Waals surface area contributed by atoms with Crippen LogP contribution in [0.15, 0.2) is 42.5 Å². The van der Waals surface area contributed by atoms with E-state index < -0.39 is 5.41 Å². The summed E-state index contributed by atoms with van der Waals surface area (Å²) in [6.07, 6.45) is 1.63. The third-order valence-electron chi connectivity index (χ3n) is 5.35. The summed E-state index contributed by atoms with van der Waals surface area (Å²) in [4.78, 5) is 25.5. The van der Waals surface area contributed by atoms with Crippen molar-refractivity contribution in [2.45, 2.75) is 52.4 Å². The van der Waals surface area contributed by atoms with Crippen LogP contribution in [0.3, 0.4) is 0 Å². The summed E-state index contributed by atoms with van der Waals surface area (Å²) < 4.78 is 14.2. The Morgan fingerprint density at radius 1 is 0.962 bits per heavy atom. The molecule has 136 valence electrons. The molecule has 1 saturated carbocycles. The predicted molar refractivity (Wildman–Crippen MR) is 101 cm³/mol. The first-order valence-electron chi connectivity index (χ1n) is 9.22. The highest BCUT2D eigenvalue weighted by atomic mass is 19.1. The van der Waals surface area contributed by atoms with E-state index in [-0.39, 0.29) is 36.1 Å². The molecule has 0 amide bonds. The molecule has 0 radical (unpaired) electrons. The number of benzene rings is 2. The van der Waals surface area contributed by atoms with Gasteiger partial charge in [0.2, 0.25) is 0 Å². The standard InChI is InChI=1S/C23H25FO2/c1-15(2)19-9-8-18(12-20(19)24)14-22(26)23(10-11-23)21(25)13-17-6-4-16(3)5-7-17/h4-9,12,15H,10-11,13-14H2,1-3H3. The van der Waals surface area contributed by atoms with Gasteiger partial charge in [0.25, 0.3) is 0 Å². The van der Waals surface area contributed by atoms with E-state index in [1.165, 1.54) is 6.07 Å². The van der Waals surface area contributed by atoms with Crippen molar-refractivity contribution >= 4 is 11.6 Å². The van der Waals surface area contributed by atoms with Crippen molar-refractivity contribution in [1.82, 2.24) is 0 Å². The van der Waals surface area contributed by atoms with E-state index >= 15 is 0 Å². The maximum atomic E-state index is 14.2. The molecule has 0 aliphatic heterocycles. The SMILES string of the molecule is Cc1ccc(CC(=O)C2(C(=O)Cc3ccc(C(C)C)c(F)c3)CC2)cc1. The molecule has 0 spiro atoms. The Bertz CT molecular complexity index is 830. The molecular weight excluding hydrogens is 327 g/mol. The molecule has 1 fully saturated rings. The molecule has 3 heteroatoms. The lowest BCUT2D eigenvalue weighted by molar-refractivity contribution is -0.133. The van der Waals surface area contributed by atoms with Crippen LogP contribution < -0.4 is 0 Å². The van der Waals surface area contributed by atoms with E-state index in [0.29, 0.717) is 24.0 Å². The molecule has 2 aromatic carbocycles. The van der Waals surface area contributed by atoms with Gasteiger partial charge < -0.3 is 0 Å². The molecule has 0 saturated heterocycles. The van der Waals surface area contributed by atoms with E-state index in [1.54, 1.807) is 12.1 Å². The van der Waals surface area contributed by atoms with E-state index in [9.17, 15) is 14.0 Å². The summed E-state index contributed by atoms with van der Waals surface area (Å²) in [5.41, 5.74) is 2.53.